The van der Waals surface area contributed by atoms with Gasteiger partial charge < -0.3 is 14.5 Å². The van der Waals surface area contributed by atoms with Crippen LogP contribution in [0.15, 0.2) is 27.9 Å². The van der Waals surface area contributed by atoms with Crippen LogP contribution in [0, 0.1) is 0 Å². The van der Waals surface area contributed by atoms with E-state index in [9.17, 15) is 13.2 Å². The molecule has 0 saturated carbocycles. The fourth-order valence-corrected chi connectivity index (χ4v) is 5.57. The summed E-state index contributed by atoms with van der Waals surface area (Å²) >= 11 is 0. The summed E-state index contributed by atoms with van der Waals surface area (Å²) in [4.78, 5) is 22.9. The molecule has 1 N–H and O–H groups in total. The minimum Gasteiger partial charge on any atom is -0.493 e. The molecule has 202 valence electrons. The van der Waals surface area contributed by atoms with Crippen molar-refractivity contribution in [1.82, 2.24) is 29.0 Å². The fourth-order valence-electron chi connectivity index (χ4n) is 4.38. The molecule has 0 bridgehead atoms. The van der Waals surface area contributed by atoms with Crippen LogP contribution >= 0.6 is 0 Å². The van der Waals surface area contributed by atoms with Crippen molar-refractivity contribution < 1.29 is 17.9 Å². The highest BCUT2D eigenvalue weighted by Crippen LogP contribution is 2.32. The van der Waals surface area contributed by atoms with E-state index in [2.05, 4.69) is 15.0 Å². The third-order valence-corrected chi connectivity index (χ3v) is 8.31. The molecule has 3 heterocycles. The number of fused-ring (bicyclic) bond motifs is 1. The van der Waals surface area contributed by atoms with Crippen molar-refractivity contribution in [2.45, 2.75) is 38.0 Å². The van der Waals surface area contributed by atoms with Crippen molar-refractivity contribution in [3.8, 4) is 17.1 Å². The van der Waals surface area contributed by atoms with E-state index in [-0.39, 0.29) is 16.3 Å². The Morgan fingerprint density at radius 2 is 1.95 bits per heavy atom. The molecule has 0 amide bonds. The van der Waals surface area contributed by atoms with Gasteiger partial charge >= 0.3 is 0 Å². The topological polar surface area (TPSA) is 123 Å². The highest BCUT2D eigenvalue weighted by Gasteiger charge is 2.25. The van der Waals surface area contributed by atoms with Gasteiger partial charge in [-0.1, -0.05) is 20.3 Å². The lowest BCUT2D eigenvalue weighted by Gasteiger charge is -2.28. The van der Waals surface area contributed by atoms with Crippen LogP contribution in [-0.4, -0.2) is 90.4 Å². The molecule has 1 aliphatic rings. The number of likely N-dealkylation sites (N-methyl/N-ethyl adjacent to an activating group) is 1. The van der Waals surface area contributed by atoms with E-state index in [1.807, 2.05) is 13.8 Å². The number of ether oxygens (including phenoxy) is 2. The predicted octanol–water partition coefficient (Wildman–Crippen LogP) is 2.02. The van der Waals surface area contributed by atoms with Crippen LogP contribution in [-0.2, 0) is 28.2 Å². The lowest BCUT2D eigenvalue weighted by atomic mass is 10.1. The van der Waals surface area contributed by atoms with Gasteiger partial charge in [0.05, 0.1) is 36.0 Å². The molecule has 37 heavy (non-hydrogen) atoms. The molecule has 0 aliphatic carbocycles. The molecule has 0 unspecified atom stereocenters. The van der Waals surface area contributed by atoms with E-state index >= 15 is 0 Å². The number of nitrogens with zero attached hydrogens (tertiary/aromatic N) is 5. The van der Waals surface area contributed by atoms with Crippen molar-refractivity contribution in [1.29, 1.82) is 0 Å². The van der Waals surface area contributed by atoms with Crippen LogP contribution in [0.3, 0.4) is 0 Å². The first-order valence-corrected chi connectivity index (χ1v) is 14.2. The first-order chi connectivity index (χ1) is 17.8. The zero-order valence-corrected chi connectivity index (χ0v) is 22.8. The summed E-state index contributed by atoms with van der Waals surface area (Å²) in [6.07, 6.45) is 2.30. The second-order valence-corrected chi connectivity index (χ2v) is 11.3. The van der Waals surface area contributed by atoms with Gasteiger partial charge in [0.25, 0.3) is 5.56 Å². The minimum atomic E-state index is -3.79. The van der Waals surface area contributed by atoms with Crippen molar-refractivity contribution in [2.75, 3.05) is 53.0 Å². The van der Waals surface area contributed by atoms with Crippen molar-refractivity contribution in [3.05, 3.63) is 34.2 Å². The number of aromatic amines is 1. The Kier molecular flexibility index (Phi) is 8.63. The second kappa shape index (κ2) is 11.7. The number of hydrogen-bond acceptors (Lipinski definition) is 8. The summed E-state index contributed by atoms with van der Waals surface area (Å²) in [6.45, 7) is 8.33. The zero-order chi connectivity index (χ0) is 26.6. The van der Waals surface area contributed by atoms with Crippen LogP contribution < -0.4 is 10.3 Å². The van der Waals surface area contributed by atoms with Gasteiger partial charge in [-0.05, 0) is 31.0 Å². The molecule has 1 saturated heterocycles. The summed E-state index contributed by atoms with van der Waals surface area (Å²) in [5.41, 5.74) is 1.71. The van der Waals surface area contributed by atoms with Crippen molar-refractivity contribution in [2.24, 2.45) is 7.05 Å². The van der Waals surface area contributed by atoms with Crippen LogP contribution in [0.25, 0.3) is 22.4 Å². The Labute approximate surface area is 217 Å². The molecule has 0 radical (unpaired) electrons. The van der Waals surface area contributed by atoms with Gasteiger partial charge in [0, 0.05) is 40.3 Å². The number of benzene rings is 1. The van der Waals surface area contributed by atoms with Gasteiger partial charge in [-0.15, -0.1) is 0 Å². The van der Waals surface area contributed by atoms with Gasteiger partial charge in [-0.2, -0.15) is 9.40 Å². The summed E-state index contributed by atoms with van der Waals surface area (Å²) in [5.74, 6) is 0.710. The number of aromatic nitrogens is 4. The van der Waals surface area contributed by atoms with Crippen LogP contribution in [0.2, 0.25) is 0 Å². The molecule has 0 spiro atoms. The highest BCUT2D eigenvalue weighted by atomic mass is 32.2. The fraction of sp³-hybridized carbons (Fsp3) is 0.560. The van der Waals surface area contributed by atoms with Gasteiger partial charge in [0.15, 0.2) is 5.52 Å². The minimum absolute atomic E-state index is 0.110. The third-order valence-electron chi connectivity index (χ3n) is 6.46. The van der Waals surface area contributed by atoms with Crippen molar-refractivity contribution >= 4 is 21.1 Å². The van der Waals surface area contributed by atoms with E-state index in [0.717, 1.165) is 31.6 Å². The lowest BCUT2D eigenvalue weighted by molar-refractivity contribution is 0.0368. The monoisotopic (exact) mass is 532 g/mol. The average Bonchev–Trinajstić information content (AvgIpc) is 3.21. The predicted molar refractivity (Wildman–Crippen MR) is 141 cm³/mol. The summed E-state index contributed by atoms with van der Waals surface area (Å²) in [5, 5.41) is 4.47. The number of hydrogen-bond donors (Lipinski definition) is 1. The number of aryl methyl sites for hydroxylation is 2. The maximum Gasteiger partial charge on any atom is 0.277 e. The maximum absolute atomic E-state index is 13.5. The standard InChI is InChI=1S/C25H36N6O5S/c1-5-7-20-22-23(30(4)28-20)25(32)27-24(26-22)19-17-18(8-9-21(19)36-14-6-2)37(33,34)29(3)10-11-31-12-15-35-16-13-31/h8-9,17H,5-7,10-16H2,1-4H3,(H,26,27,32). The normalized spacial score (nSPS) is 15.1. The Morgan fingerprint density at radius 1 is 1.19 bits per heavy atom. The first kappa shape index (κ1) is 27.2. The molecule has 12 heteroatoms. The smallest absolute Gasteiger partial charge is 0.277 e. The van der Waals surface area contributed by atoms with Crippen molar-refractivity contribution in [3.63, 3.8) is 0 Å². The average molecular weight is 533 g/mol. The SMILES string of the molecule is CCCOc1ccc(S(=O)(=O)N(C)CCN2CCOCC2)cc1-c1nc2c(CCC)nn(C)c2c(=O)[nH]1. The summed E-state index contributed by atoms with van der Waals surface area (Å²) in [7, 11) is -0.494. The Bertz CT molecular complexity index is 1390. The molecule has 1 aliphatic heterocycles. The van der Waals surface area contributed by atoms with E-state index in [4.69, 9.17) is 14.5 Å². The Hall–Kier alpha value is -2.80. The van der Waals surface area contributed by atoms with E-state index in [0.29, 0.717) is 61.7 Å². The van der Waals surface area contributed by atoms with E-state index in [1.54, 1.807) is 20.2 Å². The van der Waals surface area contributed by atoms with Crippen LogP contribution in [0.1, 0.15) is 32.4 Å². The molecule has 11 nitrogen and oxygen atoms in total. The summed E-state index contributed by atoms with van der Waals surface area (Å²) < 4.78 is 41.1. The number of rotatable bonds is 11. The quantitative estimate of drug-likeness (QED) is 0.398. The molecule has 4 rings (SSSR count). The van der Waals surface area contributed by atoms with Gasteiger partial charge in [0.1, 0.15) is 17.1 Å². The van der Waals surface area contributed by atoms with Gasteiger partial charge in [0.2, 0.25) is 10.0 Å². The highest BCUT2D eigenvalue weighted by molar-refractivity contribution is 7.89. The number of H-pyrrole nitrogens is 1. The van der Waals surface area contributed by atoms with E-state index in [1.165, 1.54) is 21.1 Å². The molecular formula is C25H36N6O5S. The molecule has 1 aromatic carbocycles. The number of sulfonamides is 1. The van der Waals surface area contributed by atoms with Gasteiger partial charge in [-0.25, -0.2) is 13.4 Å². The Morgan fingerprint density at radius 3 is 2.65 bits per heavy atom. The third kappa shape index (κ3) is 5.87. The largest absolute Gasteiger partial charge is 0.493 e. The summed E-state index contributed by atoms with van der Waals surface area (Å²) in [6, 6.07) is 4.71. The second-order valence-electron chi connectivity index (χ2n) is 9.22. The molecular weight excluding hydrogens is 496 g/mol. The Balaban J connectivity index is 1.73. The molecule has 2 aromatic heterocycles. The molecule has 1 fully saturated rings. The number of nitrogens with one attached hydrogen (secondary N) is 1. The van der Waals surface area contributed by atoms with Crippen LogP contribution in [0.5, 0.6) is 5.75 Å². The molecule has 3 aromatic rings. The lowest BCUT2D eigenvalue weighted by Crippen LogP contribution is -2.41. The maximum atomic E-state index is 13.5. The van der Waals surface area contributed by atoms with Gasteiger partial charge in [-0.3, -0.25) is 14.4 Å². The molecule has 0 atom stereocenters. The van der Waals surface area contributed by atoms with Crippen LogP contribution in [0.4, 0.5) is 0 Å². The number of morpholine rings is 1. The first-order valence-electron chi connectivity index (χ1n) is 12.8. The zero-order valence-electron chi connectivity index (χ0n) is 22.0. The van der Waals surface area contributed by atoms with E-state index < -0.39 is 10.0 Å².